The number of hydrogen-bond acceptors (Lipinski definition) is 6. The Bertz CT molecular complexity index is 985. The maximum atomic E-state index is 12.8. The molecule has 0 saturated heterocycles. The number of aryl methyl sites for hydroxylation is 1. The molecule has 0 aliphatic carbocycles. The minimum absolute atomic E-state index is 0.161. The zero-order chi connectivity index (χ0) is 18.8. The monoisotopic (exact) mass is 373 g/mol. The van der Waals surface area contributed by atoms with Crippen LogP contribution in [0.4, 0.5) is 0 Å². The van der Waals surface area contributed by atoms with Gasteiger partial charge in [0.1, 0.15) is 9.71 Å². The minimum Gasteiger partial charge on any atom is -0.493 e. The van der Waals surface area contributed by atoms with Gasteiger partial charge in [0, 0.05) is 10.9 Å². The third-order valence-corrected chi connectivity index (χ3v) is 5.28. The molecule has 0 amide bonds. The summed E-state index contributed by atoms with van der Waals surface area (Å²) in [6.07, 6.45) is 0. The maximum absolute atomic E-state index is 12.8. The molecule has 0 aliphatic rings. The van der Waals surface area contributed by atoms with Crippen molar-refractivity contribution >= 4 is 33.3 Å². The number of thiophene rings is 1. The average molecular weight is 373 g/mol. The third-order valence-electron chi connectivity index (χ3n) is 4.08. The molecule has 1 aromatic carbocycles. The molecule has 0 radical (unpaired) electrons. The second kappa shape index (κ2) is 7.21. The van der Waals surface area contributed by atoms with Gasteiger partial charge in [0.2, 0.25) is 5.78 Å². The number of ketones is 1. The van der Waals surface area contributed by atoms with Gasteiger partial charge in [0.05, 0.1) is 26.5 Å². The SMILES string of the molecule is CCOC(=O)c1sc2[nH]c(C(=O)c3ccc(OC)c(OC)c3)cc2c1C. The van der Waals surface area contributed by atoms with E-state index >= 15 is 0 Å². The summed E-state index contributed by atoms with van der Waals surface area (Å²) in [5, 5.41) is 0.849. The van der Waals surface area contributed by atoms with Gasteiger partial charge in [-0.25, -0.2) is 4.79 Å². The summed E-state index contributed by atoms with van der Waals surface area (Å²) < 4.78 is 15.5. The Morgan fingerprint density at radius 2 is 1.85 bits per heavy atom. The Labute approximate surface area is 154 Å². The van der Waals surface area contributed by atoms with Crippen molar-refractivity contribution in [2.24, 2.45) is 0 Å². The number of aromatic amines is 1. The highest BCUT2D eigenvalue weighted by molar-refractivity contribution is 7.20. The number of benzene rings is 1. The van der Waals surface area contributed by atoms with Gasteiger partial charge in [-0.1, -0.05) is 0 Å². The number of fused-ring (bicyclic) bond motifs is 1. The Kier molecular flexibility index (Phi) is 4.99. The van der Waals surface area contributed by atoms with Crippen molar-refractivity contribution in [1.29, 1.82) is 0 Å². The molecule has 2 heterocycles. The molecule has 136 valence electrons. The summed E-state index contributed by atoms with van der Waals surface area (Å²) in [4.78, 5) is 29.2. The number of hydrogen-bond donors (Lipinski definition) is 1. The lowest BCUT2D eigenvalue weighted by atomic mass is 10.1. The van der Waals surface area contributed by atoms with Crippen LogP contribution in [0.2, 0.25) is 0 Å². The fourth-order valence-electron chi connectivity index (χ4n) is 2.74. The van der Waals surface area contributed by atoms with Gasteiger partial charge in [0.25, 0.3) is 0 Å². The van der Waals surface area contributed by atoms with Crippen molar-refractivity contribution < 1.29 is 23.8 Å². The van der Waals surface area contributed by atoms with Crippen LogP contribution >= 0.6 is 11.3 Å². The van der Waals surface area contributed by atoms with Crippen LogP contribution in [-0.2, 0) is 4.74 Å². The average Bonchev–Trinajstić information content (AvgIpc) is 3.20. The summed E-state index contributed by atoms with van der Waals surface area (Å²) in [7, 11) is 3.07. The first kappa shape index (κ1) is 18.0. The van der Waals surface area contributed by atoms with Crippen molar-refractivity contribution in [3.63, 3.8) is 0 Å². The zero-order valence-corrected chi connectivity index (χ0v) is 15.8. The molecule has 2 aromatic heterocycles. The number of methoxy groups -OCH3 is 2. The molecule has 0 aliphatic heterocycles. The highest BCUT2D eigenvalue weighted by atomic mass is 32.1. The topological polar surface area (TPSA) is 77.6 Å². The molecular weight excluding hydrogens is 354 g/mol. The van der Waals surface area contributed by atoms with Crippen molar-refractivity contribution in [3.8, 4) is 11.5 Å². The fraction of sp³-hybridized carbons (Fsp3) is 0.263. The van der Waals surface area contributed by atoms with Crippen molar-refractivity contribution in [2.75, 3.05) is 20.8 Å². The van der Waals surface area contributed by atoms with Gasteiger partial charge in [-0.15, -0.1) is 11.3 Å². The second-order valence-corrected chi connectivity index (χ2v) is 6.62. The van der Waals surface area contributed by atoms with Gasteiger partial charge in [-0.2, -0.15) is 0 Å². The molecule has 0 fully saturated rings. The Morgan fingerprint density at radius 1 is 1.12 bits per heavy atom. The molecule has 7 heteroatoms. The highest BCUT2D eigenvalue weighted by Crippen LogP contribution is 2.33. The van der Waals surface area contributed by atoms with E-state index in [4.69, 9.17) is 14.2 Å². The van der Waals surface area contributed by atoms with Gasteiger partial charge in [0.15, 0.2) is 11.5 Å². The lowest BCUT2D eigenvalue weighted by molar-refractivity contribution is 0.0531. The summed E-state index contributed by atoms with van der Waals surface area (Å²) in [6, 6.07) is 6.80. The molecule has 6 nitrogen and oxygen atoms in total. The van der Waals surface area contributed by atoms with E-state index in [-0.39, 0.29) is 11.8 Å². The largest absolute Gasteiger partial charge is 0.493 e. The van der Waals surface area contributed by atoms with Crippen LogP contribution in [0.15, 0.2) is 24.3 Å². The molecule has 26 heavy (non-hydrogen) atoms. The van der Waals surface area contributed by atoms with E-state index in [1.54, 1.807) is 38.3 Å². The Morgan fingerprint density at radius 3 is 2.46 bits per heavy atom. The lowest BCUT2D eigenvalue weighted by Gasteiger charge is -2.08. The second-order valence-electron chi connectivity index (χ2n) is 5.60. The molecule has 0 spiro atoms. The Hall–Kier alpha value is -2.80. The van der Waals surface area contributed by atoms with E-state index in [0.717, 1.165) is 15.8 Å². The van der Waals surface area contributed by atoms with Crippen LogP contribution in [0.5, 0.6) is 11.5 Å². The lowest BCUT2D eigenvalue weighted by Crippen LogP contribution is -2.04. The van der Waals surface area contributed by atoms with E-state index in [9.17, 15) is 9.59 Å². The predicted molar refractivity (Wildman–Crippen MR) is 99.8 cm³/mol. The minimum atomic E-state index is -0.340. The van der Waals surface area contributed by atoms with Gasteiger partial charge >= 0.3 is 5.97 Å². The van der Waals surface area contributed by atoms with Crippen LogP contribution in [0.25, 0.3) is 10.2 Å². The molecule has 3 aromatic rings. The quantitative estimate of drug-likeness (QED) is 0.523. The molecule has 0 unspecified atom stereocenters. The summed E-state index contributed by atoms with van der Waals surface area (Å²) in [6.45, 7) is 3.95. The van der Waals surface area contributed by atoms with E-state index < -0.39 is 0 Å². The molecule has 3 rings (SSSR count). The van der Waals surface area contributed by atoms with Crippen LogP contribution in [0, 0.1) is 6.92 Å². The first-order valence-corrected chi connectivity index (χ1v) is 8.87. The summed E-state index contributed by atoms with van der Waals surface area (Å²) in [5.74, 6) is 0.553. The number of H-pyrrole nitrogens is 1. The number of rotatable bonds is 6. The molecule has 0 atom stereocenters. The van der Waals surface area contributed by atoms with Crippen molar-refractivity contribution in [2.45, 2.75) is 13.8 Å². The van der Waals surface area contributed by atoms with Gasteiger partial charge in [-0.3, -0.25) is 4.79 Å². The van der Waals surface area contributed by atoms with Crippen LogP contribution in [-0.4, -0.2) is 37.6 Å². The van der Waals surface area contributed by atoms with Crippen LogP contribution < -0.4 is 9.47 Å². The maximum Gasteiger partial charge on any atom is 0.348 e. The number of nitrogens with one attached hydrogen (secondary N) is 1. The highest BCUT2D eigenvalue weighted by Gasteiger charge is 2.21. The van der Waals surface area contributed by atoms with Crippen molar-refractivity contribution in [1.82, 2.24) is 4.98 Å². The fourth-order valence-corrected chi connectivity index (χ4v) is 3.83. The van der Waals surface area contributed by atoms with E-state index in [1.807, 2.05) is 6.92 Å². The summed E-state index contributed by atoms with van der Waals surface area (Å²) in [5.41, 5.74) is 1.75. The summed E-state index contributed by atoms with van der Waals surface area (Å²) >= 11 is 1.29. The first-order chi connectivity index (χ1) is 12.5. The van der Waals surface area contributed by atoms with Gasteiger partial charge < -0.3 is 19.2 Å². The van der Waals surface area contributed by atoms with E-state index in [1.165, 1.54) is 18.4 Å². The zero-order valence-electron chi connectivity index (χ0n) is 15.0. The third kappa shape index (κ3) is 3.06. The number of carbonyl (C=O) groups excluding carboxylic acids is 2. The molecular formula is C19H19NO5S. The van der Waals surface area contributed by atoms with Crippen LogP contribution in [0.1, 0.15) is 38.2 Å². The first-order valence-electron chi connectivity index (χ1n) is 8.06. The number of carbonyl (C=O) groups is 2. The smallest absolute Gasteiger partial charge is 0.348 e. The van der Waals surface area contributed by atoms with E-state index in [2.05, 4.69) is 4.98 Å². The normalized spacial score (nSPS) is 10.8. The standard InChI is InChI=1S/C19H19NO5S/c1-5-25-19(22)17-10(2)12-9-13(20-18(12)26-17)16(21)11-6-7-14(23-3)15(8-11)24-4/h6-9,20H,5H2,1-4H3. The number of ether oxygens (including phenoxy) is 3. The molecule has 1 N–H and O–H groups in total. The molecule has 0 bridgehead atoms. The number of aromatic nitrogens is 1. The molecule has 0 saturated carbocycles. The van der Waals surface area contributed by atoms with E-state index in [0.29, 0.717) is 34.2 Å². The van der Waals surface area contributed by atoms with Crippen LogP contribution in [0.3, 0.4) is 0 Å². The predicted octanol–water partition coefficient (Wildman–Crippen LogP) is 3.96. The Balaban J connectivity index is 1.96. The number of esters is 1. The van der Waals surface area contributed by atoms with Crippen molar-refractivity contribution in [3.05, 3.63) is 46.0 Å². The van der Waals surface area contributed by atoms with Gasteiger partial charge in [-0.05, 0) is 43.7 Å².